The first-order chi connectivity index (χ1) is 9.19. The standard InChI is InChI=1S/C16H12NOP/c1-19(18)13-7-3-2-6-12(13)16-15-11(9-10-17-16)5-4-8-14(15)19/h2-10H,1H3. The van der Waals surface area contributed by atoms with Crippen molar-refractivity contribution in [3.63, 3.8) is 0 Å². The van der Waals surface area contributed by atoms with Gasteiger partial charge in [0.15, 0.2) is 0 Å². The Balaban J connectivity index is 2.32. The van der Waals surface area contributed by atoms with Crippen LogP contribution in [0.2, 0.25) is 0 Å². The Morgan fingerprint density at radius 2 is 1.74 bits per heavy atom. The predicted molar refractivity (Wildman–Crippen MR) is 80.0 cm³/mol. The second-order valence-corrected chi connectivity index (χ2v) is 7.79. The van der Waals surface area contributed by atoms with Gasteiger partial charge in [0.05, 0.1) is 5.69 Å². The highest BCUT2D eigenvalue weighted by molar-refractivity contribution is 7.79. The summed E-state index contributed by atoms with van der Waals surface area (Å²) >= 11 is 0. The predicted octanol–water partition coefficient (Wildman–Crippen LogP) is 3.16. The van der Waals surface area contributed by atoms with Crippen molar-refractivity contribution in [2.24, 2.45) is 0 Å². The molecule has 0 aliphatic carbocycles. The van der Waals surface area contributed by atoms with Crippen LogP contribution in [0.5, 0.6) is 0 Å². The van der Waals surface area contributed by atoms with Crippen LogP contribution >= 0.6 is 7.14 Å². The van der Waals surface area contributed by atoms with Crippen LogP contribution in [0.1, 0.15) is 0 Å². The lowest BCUT2D eigenvalue weighted by Gasteiger charge is -2.25. The number of hydrogen-bond donors (Lipinski definition) is 0. The van der Waals surface area contributed by atoms with E-state index in [9.17, 15) is 4.57 Å². The third kappa shape index (κ3) is 1.32. The summed E-state index contributed by atoms with van der Waals surface area (Å²) in [5.41, 5.74) is 1.97. The van der Waals surface area contributed by atoms with Gasteiger partial charge < -0.3 is 4.57 Å². The number of pyridine rings is 1. The van der Waals surface area contributed by atoms with Gasteiger partial charge in [-0.3, -0.25) is 4.98 Å². The van der Waals surface area contributed by atoms with Gasteiger partial charge in [0, 0.05) is 27.8 Å². The number of hydrogen-bond acceptors (Lipinski definition) is 2. The molecule has 1 aliphatic heterocycles. The van der Waals surface area contributed by atoms with Crippen molar-refractivity contribution >= 4 is 28.5 Å². The SMILES string of the molecule is CP1(=O)c2ccccc2-c2nccc3cccc1c23. The van der Waals surface area contributed by atoms with Gasteiger partial charge in [-0.05, 0) is 18.1 Å². The third-order valence-corrected chi connectivity index (χ3v) is 6.45. The maximum atomic E-state index is 13.2. The largest absolute Gasteiger partial charge is 0.314 e. The molecule has 0 bridgehead atoms. The van der Waals surface area contributed by atoms with Crippen LogP contribution in [0.4, 0.5) is 0 Å². The Bertz CT molecular complexity index is 864. The number of aromatic nitrogens is 1. The molecule has 19 heavy (non-hydrogen) atoms. The first-order valence-corrected chi connectivity index (χ1v) is 8.41. The summed E-state index contributed by atoms with van der Waals surface area (Å²) in [6.45, 7) is 1.86. The first kappa shape index (κ1) is 11.0. The normalized spacial score (nSPS) is 20.3. The van der Waals surface area contributed by atoms with Crippen LogP contribution in [0.15, 0.2) is 54.7 Å². The highest BCUT2D eigenvalue weighted by Crippen LogP contribution is 2.48. The second kappa shape index (κ2) is 3.55. The van der Waals surface area contributed by atoms with E-state index >= 15 is 0 Å². The molecule has 2 nitrogen and oxygen atoms in total. The highest BCUT2D eigenvalue weighted by atomic mass is 31.2. The van der Waals surface area contributed by atoms with Crippen molar-refractivity contribution in [3.8, 4) is 11.3 Å². The molecule has 4 rings (SSSR count). The van der Waals surface area contributed by atoms with E-state index in [2.05, 4.69) is 11.1 Å². The number of rotatable bonds is 0. The van der Waals surface area contributed by atoms with Crippen LogP contribution in [-0.2, 0) is 4.57 Å². The first-order valence-electron chi connectivity index (χ1n) is 6.25. The average Bonchev–Trinajstić information content (AvgIpc) is 2.45. The van der Waals surface area contributed by atoms with E-state index in [1.54, 1.807) is 0 Å². The summed E-state index contributed by atoms with van der Waals surface area (Å²) in [6, 6.07) is 15.9. The monoisotopic (exact) mass is 265 g/mol. The molecule has 0 saturated heterocycles. The zero-order valence-corrected chi connectivity index (χ0v) is 11.4. The Morgan fingerprint density at radius 1 is 0.947 bits per heavy atom. The fraction of sp³-hybridized carbons (Fsp3) is 0.0625. The zero-order valence-electron chi connectivity index (χ0n) is 10.5. The minimum atomic E-state index is -2.52. The summed E-state index contributed by atoms with van der Waals surface area (Å²) in [6.07, 6.45) is 1.82. The van der Waals surface area contributed by atoms with Gasteiger partial charge in [-0.2, -0.15) is 0 Å². The van der Waals surface area contributed by atoms with E-state index in [-0.39, 0.29) is 0 Å². The van der Waals surface area contributed by atoms with Crippen LogP contribution in [0.25, 0.3) is 22.0 Å². The minimum absolute atomic E-state index is 0.925. The van der Waals surface area contributed by atoms with Crippen molar-refractivity contribution in [1.82, 2.24) is 4.98 Å². The molecule has 0 spiro atoms. The summed E-state index contributed by atoms with van der Waals surface area (Å²) < 4.78 is 13.2. The molecule has 1 aliphatic rings. The lowest BCUT2D eigenvalue weighted by Crippen LogP contribution is -2.23. The van der Waals surface area contributed by atoms with E-state index in [0.29, 0.717) is 0 Å². The van der Waals surface area contributed by atoms with Gasteiger partial charge in [0.2, 0.25) is 0 Å². The molecule has 0 amide bonds. The molecule has 1 unspecified atom stereocenters. The molecule has 2 aromatic carbocycles. The number of fused-ring (bicyclic) bond motifs is 2. The maximum absolute atomic E-state index is 13.2. The van der Waals surface area contributed by atoms with E-state index in [1.807, 2.05) is 55.3 Å². The molecular weight excluding hydrogens is 253 g/mol. The second-order valence-electron chi connectivity index (χ2n) is 4.98. The maximum Gasteiger partial charge on any atom is 0.141 e. The lowest BCUT2D eigenvalue weighted by atomic mass is 10.0. The quantitative estimate of drug-likeness (QED) is 0.584. The molecule has 0 fully saturated rings. The molecule has 3 heteroatoms. The van der Waals surface area contributed by atoms with E-state index in [0.717, 1.165) is 32.6 Å². The van der Waals surface area contributed by atoms with Crippen LogP contribution in [0.3, 0.4) is 0 Å². The number of benzene rings is 2. The van der Waals surface area contributed by atoms with E-state index in [4.69, 9.17) is 0 Å². The van der Waals surface area contributed by atoms with Crippen molar-refractivity contribution in [1.29, 1.82) is 0 Å². The third-order valence-electron chi connectivity index (χ3n) is 3.85. The summed E-state index contributed by atoms with van der Waals surface area (Å²) in [4.78, 5) is 4.52. The van der Waals surface area contributed by atoms with Crippen LogP contribution in [-0.4, -0.2) is 11.6 Å². The molecule has 0 saturated carbocycles. The van der Waals surface area contributed by atoms with Crippen molar-refractivity contribution in [2.45, 2.75) is 0 Å². The van der Waals surface area contributed by atoms with Crippen molar-refractivity contribution in [3.05, 3.63) is 54.7 Å². The molecule has 1 aromatic heterocycles. The molecule has 0 N–H and O–H groups in total. The molecule has 3 aromatic rings. The van der Waals surface area contributed by atoms with Crippen molar-refractivity contribution < 1.29 is 4.57 Å². The van der Waals surface area contributed by atoms with Gasteiger partial charge in [0.1, 0.15) is 7.14 Å². The highest BCUT2D eigenvalue weighted by Gasteiger charge is 2.32. The lowest BCUT2D eigenvalue weighted by molar-refractivity contribution is 0.590. The fourth-order valence-corrected chi connectivity index (χ4v) is 5.25. The molecule has 0 radical (unpaired) electrons. The Morgan fingerprint density at radius 3 is 2.63 bits per heavy atom. The van der Waals surface area contributed by atoms with Crippen LogP contribution < -0.4 is 10.6 Å². The van der Waals surface area contributed by atoms with Crippen molar-refractivity contribution in [2.75, 3.05) is 6.66 Å². The Labute approximate surface area is 111 Å². The van der Waals surface area contributed by atoms with Crippen LogP contribution in [0, 0.1) is 0 Å². The Kier molecular flexibility index (Phi) is 2.05. The molecular formula is C16H12NOP. The summed E-state index contributed by atoms with van der Waals surface area (Å²) in [7, 11) is -2.52. The molecule has 92 valence electrons. The van der Waals surface area contributed by atoms with Gasteiger partial charge in [-0.15, -0.1) is 0 Å². The fourth-order valence-electron chi connectivity index (χ4n) is 2.95. The smallest absolute Gasteiger partial charge is 0.141 e. The Hall–Kier alpha value is -1.92. The topological polar surface area (TPSA) is 30.0 Å². The van der Waals surface area contributed by atoms with Gasteiger partial charge in [-0.1, -0.05) is 42.5 Å². The zero-order chi connectivity index (χ0) is 13.0. The minimum Gasteiger partial charge on any atom is -0.314 e. The summed E-state index contributed by atoms with van der Waals surface area (Å²) in [5.74, 6) is 0. The van der Waals surface area contributed by atoms with E-state index < -0.39 is 7.14 Å². The average molecular weight is 265 g/mol. The van der Waals surface area contributed by atoms with Gasteiger partial charge in [-0.25, -0.2) is 0 Å². The van der Waals surface area contributed by atoms with Gasteiger partial charge in [0.25, 0.3) is 0 Å². The van der Waals surface area contributed by atoms with Gasteiger partial charge >= 0.3 is 0 Å². The van der Waals surface area contributed by atoms with E-state index in [1.165, 1.54) is 0 Å². The number of nitrogens with zero attached hydrogens (tertiary/aromatic N) is 1. The summed E-state index contributed by atoms with van der Waals surface area (Å²) in [5, 5.41) is 4.02. The molecule has 2 heterocycles. The molecule has 1 atom stereocenters.